The minimum absolute atomic E-state index is 0.0586. The number of aryl methyl sites for hydroxylation is 3. The first-order valence-corrected chi connectivity index (χ1v) is 14.5. The Hall–Kier alpha value is -6.06. The van der Waals surface area contributed by atoms with Gasteiger partial charge in [0.25, 0.3) is 5.69 Å². The highest BCUT2D eigenvalue weighted by Crippen LogP contribution is 2.36. The number of phenols is 3. The molecule has 0 bridgehead atoms. The Morgan fingerprint density at radius 2 is 1.25 bits per heavy atom. The van der Waals surface area contributed by atoms with E-state index in [4.69, 9.17) is 21.7 Å². The summed E-state index contributed by atoms with van der Waals surface area (Å²) in [5, 5.41) is 59.8. The first-order valence-electron chi connectivity index (χ1n) is 14.5. The van der Waals surface area contributed by atoms with Crippen LogP contribution in [0, 0.1) is 10.1 Å². The first kappa shape index (κ1) is 34.8. The smallest absolute Gasteiger partial charge is 0.320 e. The van der Waals surface area contributed by atoms with E-state index in [9.17, 15) is 35.0 Å². The number of benzene rings is 3. The maximum Gasteiger partial charge on any atom is 0.320 e. The van der Waals surface area contributed by atoms with Gasteiger partial charge < -0.3 is 50.7 Å². The standard InChI is InChI=1S/C12H13N3O5.C12H14N2O3.C9H9NO/c1-14-5-6(4-7(13)12(17)18)10-8(15(19)20)2-3-9(16)11(10)14;1-14-6-7(5-9(13)12(16)17)8-3-2-4-10(15)11(8)14;1-10-6-5-7-3-2-4-8(11)9(7)10/h2-3,5,7,16H,4,13H2,1H3,(H,17,18);2-4,6,9,15H,5,13H2,1H3,(H,16,17);2-6,11H,1H3. The fourth-order valence-electron chi connectivity index (χ4n) is 5.59. The lowest BCUT2D eigenvalue weighted by Gasteiger charge is -2.05. The molecule has 2 unspecified atom stereocenters. The molecule has 0 fully saturated rings. The number of rotatable bonds is 7. The van der Waals surface area contributed by atoms with Crippen LogP contribution >= 0.6 is 0 Å². The van der Waals surface area contributed by atoms with Gasteiger partial charge in [0.2, 0.25) is 0 Å². The number of nitrogens with zero attached hydrogens (tertiary/aromatic N) is 4. The molecule has 6 rings (SSSR count). The highest BCUT2D eigenvalue weighted by atomic mass is 16.6. The average Bonchev–Trinajstić information content (AvgIpc) is 3.67. The maximum atomic E-state index is 11.1. The SMILES string of the molecule is Cn1cc(CC(N)C(=O)O)c2c([N+](=O)[O-])ccc(O)c21.Cn1cc(CC(N)C(=O)O)c2cccc(O)c21.Cn1ccc2cccc(O)c21. The second-order valence-electron chi connectivity index (χ2n) is 11.2. The number of para-hydroxylation sites is 2. The van der Waals surface area contributed by atoms with Gasteiger partial charge in [-0.05, 0) is 35.4 Å². The number of carbonyl (C=O) groups is 2. The monoisotopic (exact) mass is 660 g/mol. The van der Waals surface area contributed by atoms with E-state index in [0.717, 1.165) is 21.9 Å². The van der Waals surface area contributed by atoms with Gasteiger partial charge in [-0.15, -0.1) is 0 Å². The molecular weight excluding hydrogens is 624 g/mol. The van der Waals surface area contributed by atoms with Crippen molar-refractivity contribution in [3.05, 3.63) is 94.4 Å². The summed E-state index contributed by atoms with van der Waals surface area (Å²) in [6, 6.07) is 13.0. The van der Waals surface area contributed by atoms with Gasteiger partial charge in [-0.1, -0.05) is 24.3 Å². The zero-order valence-corrected chi connectivity index (χ0v) is 26.3. The van der Waals surface area contributed by atoms with Crippen molar-refractivity contribution in [2.75, 3.05) is 0 Å². The minimum Gasteiger partial charge on any atom is -0.506 e. The van der Waals surface area contributed by atoms with E-state index in [0.29, 0.717) is 16.8 Å². The quantitative estimate of drug-likeness (QED) is 0.0965. The van der Waals surface area contributed by atoms with Gasteiger partial charge >= 0.3 is 11.9 Å². The van der Waals surface area contributed by atoms with Crippen LogP contribution < -0.4 is 11.5 Å². The normalized spacial score (nSPS) is 12.2. The van der Waals surface area contributed by atoms with E-state index in [-0.39, 0.29) is 40.9 Å². The van der Waals surface area contributed by atoms with E-state index >= 15 is 0 Å². The van der Waals surface area contributed by atoms with E-state index < -0.39 is 28.9 Å². The lowest BCUT2D eigenvalue weighted by molar-refractivity contribution is -0.383. The number of hydrogen-bond acceptors (Lipinski definition) is 9. The van der Waals surface area contributed by atoms with Crippen molar-refractivity contribution in [1.82, 2.24) is 13.7 Å². The van der Waals surface area contributed by atoms with E-state index in [1.807, 2.05) is 42.1 Å². The highest BCUT2D eigenvalue weighted by Gasteiger charge is 2.24. The Morgan fingerprint density at radius 3 is 1.83 bits per heavy atom. The molecule has 0 amide bonds. The number of fused-ring (bicyclic) bond motifs is 3. The third-order valence-corrected chi connectivity index (χ3v) is 7.81. The van der Waals surface area contributed by atoms with Crippen molar-refractivity contribution in [1.29, 1.82) is 0 Å². The maximum absolute atomic E-state index is 11.1. The minimum atomic E-state index is -1.19. The number of carboxylic acids is 2. The molecule has 15 nitrogen and oxygen atoms in total. The largest absolute Gasteiger partial charge is 0.506 e. The van der Waals surface area contributed by atoms with Crippen molar-refractivity contribution in [2.45, 2.75) is 24.9 Å². The van der Waals surface area contributed by atoms with Crippen LogP contribution in [0.15, 0.2) is 73.2 Å². The zero-order chi connectivity index (χ0) is 35.4. The summed E-state index contributed by atoms with van der Waals surface area (Å²) in [6.45, 7) is 0. The molecule has 15 heteroatoms. The number of hydrogen-bond donors (Lipinski definition) is 7. The Kier molecular flexibility index (Phi) is 10.3. The van der Waals surface area contributed by atoms with Gasteiger partial charge in [0.15, 0.2) is 0 Å². The summed E-state index contributed by atoms with van der Waals surface area (Å²) in [6.07, 6.45) is 5.46. The van der Waals surface area contributed by atoms with Crippen LogP contribution in [0.1, 0.15) is 11.1 Å². The van der Waals surface area contributed by atoms with Crippen LogP contribution in [0.25, 0.3) is 32.7 Å². The molecule has 0 radical (unpaired) electrons. The molecule has 0 spiro atoms. The summed E-state index contributed by atoms with van der Waals surface area (Å²) < 4.78 is 5.20. The number of nitro benzene ring substituents is 1. The number of nitrogens with two attached hydrogens (primary N) is 2. The third kappa shape index (κ3) is 7.16. The summed E-state index contributed by atoms with van der Waals surface area (Å²) in [7, 11) is 5.33. The molecule has 9 N–H and O–H groups in total. The molecule has 0 saturated carbocycles. The van der Waals surface area contributed by atoms with Crippen LogP contribution in [0.5, 0.6) is 17.2 Å². The summed E-state index contributed by atoms with van der Waals surface area (Å²) >= 11 is 0. The van der Waals surface area contributed by atoms with E-state index in [2.05, 4.69) is 0 Å². The summed E-state index contributed by atoms with van der Waals surface area (Å²) in [5.41, 5.74) is 13.9. The average molecular weight is 661 g/mol. The molecule has 0 saturated heterocycles. The molecule has 252 valence electrons. The second-order valence-corrected chi connectivity index (χ2v) is 11.2. The topological polar surface area (TPSA) is 245 Å². The van der Waals surface area contributed by atoms with Crippen LogP contribution in [0.2, 0.25) is 0 Å². The molecule has 3 heterocycles. The van der Waals surface area contributed by atoms with Crippen LogP contribution in [0.4, 0.5) is 5.69 Å². The number of aromatic nitrogens is 3. The number of carboxylic acid groups (broad SMARTS) is 2. The lowest BCUT2D eigenvalue weighted by Crippen LogP contribution is -2.32. The first-order chi connectivity index (χ1) is 22.6. The molecule has 3 aromatic heterocycles. The molecular formula is C33H36N6O9. The number of aliphatic carboxylic acids is 2. The van der Waals surface area contributed by atoms with Crippen molar-refractivity contribution < 1.29 is 40.0 Å². The molecule has 0 aliphatic rings. The van der Waals surface area contributed by atoms with Crippen LogP contribution in [0.3, 0.4) is 0 Å². The van der Waals surface area contributed by atoms with Crippen molar-refractivity contribution >= 4 is 50.3 Å². The van der Waals surface area contributed by atoms with E-state index in [1.165, 1.54) is 16.7 Å². The number of phenolic OH excluding ortho intramolecular Hbond substituents is 3. The number of non-ortho nitro benzene ring substituents is 1. The summed E-state index contributed by atoms with van der Waals surface area (Å²) in [5.74, 6) is -1.80. The zero-order valence-electron chi connectivity index (χ0n) is 26.3. The van der Waals surface area contributed by atoms with Gasteiger partial charge in [-0.25, -0.2) is 0 Å². The van der Waals surface area contributed by atoms with Crippen molar-refractivity contribution in [3.8, 4) is 17.2 Å². The van der Waals surface area contributed by atoms with Gasteiger partial charge in [0, 0.05) is 69.4 Å². The fraction of sp³-hybridized carbons (Fsp3) is 0.212. The summed E-state index contributed by atoms with van der Waals surface area (Å²) in [4.78, 5) is 32.1. The molecule has 0 aliphatic heterocycles. The van der Waals surface area contributed by atoms with Crippen LogP contribution in [-0.4, -0.2) is 68.2 Å². The van der Waals surface area contributed by atoms with Crippen molar-refractivity contribution in [3.63, 3.8) is 0 Å². The van der Waals surface area contributed by atoms with Crippen molar-refractivity contribution in [2.24, 2.45) is 32.6 Å². The molecule has 3 aromatic carbocycles. The van der Waals surface area contributed by atoms with Gasteiger partial charge in [-0.3, -0.25) is 19.7 Å². The predicted molar refractivity (Wildman–Crippen MR) is 179 cm³/mol. The fourth-order valence-corrected chi connectivity index (χ4v) is 5.59. The van der Waals surface area contributed by atoms with Gasteiger partial charge in [-0.2, -0.15) is 0 Å². The van der Waals surface area contributed by atoms with E-state index in [1.54, 1.807) is 49.3 Å². The molecule has 2 atom stereocenters. The third-order valence-electron chi connectivity index (χ3n) is 7.81. The predicted octanol–water partition coefficient (Wildman–Crippen LogP) is 3.47. The lowest BCUT2D eigenvalue weighted by atomic mass is 10.0. The molecule has 6 aromatic rings. The Bertz CT molecular complexity index is 2150. The highest BCUT2D eigenvalue weighted by molar-refractivity contribution is 5.97. The van der Waals surface area contributed by atoms with Crippen LogP contribution in [-0.2, 0) is 43.6 Å². The van der Waals surface area contributed by atoms with Gasteiger partial charge in [0.05, 0.1) is 26.9 Å². The second kappa shape index (κ2) is 14.1. The Morgan fingerprint density at radius 1 is 0.729 bits per heavy atom. The Balaban J connectivity index is 0.000000169. The van der Waals surface area contributed by atoms with Gasteiger partial charge in [0.1, 0.15) is 29.3 Å². The number of nitro groups is 1. The number of aromatic hydroxyl groups is 3. The molecule has 48 heavy (non-hydrogen) atoms. The Labute approximate surface area is 273 Å². The molecule has 0 aliphatic carbocycles.